The number of nitrogens with one attached hydrogen (secondary N) is 1. The zero-order valence-electron chi connectivity index (χ0n) is 3.89. The van der Waals surface area contributed by atoms with E-state index in [0.29, 0.717) is 13.0 Å². The first-order valence-corrected chi connectivity index (χ1v) is 3.60. The molecule has 1 aliphatic heterocycles. The molecule has 0 aromatic rings. The topological polar surface area (TPSA) is 38.3 Å². The number of hydrogen-bond donors (Lipinski definition) is 1. The van der Waals surface area contributed by atoms with Gasteiger partial charge in [-0.05, 0) is 4.57 Å². The van der Waals surface area contributed by atoms with Gasteiger partial charge in [-0.25, -0.2) is 0 Å². The fourth-order valence-corrected chi connectivity index (χ4v) is 1.16. The Kier molecular flexibility index (Phi) is 1.74. The molecule has 3 nitrogen and oxygen atoms in total. The van der Waals surface area contributed by atoms with Gasteiger partial charge in [-0.15, -0.1) is 5.09 Å². The quantitative estimate of drug-likeness (QED) is 0.467. The molecule has 1 fully saturated rings. The van der Waals surface area contributed by atoms with Gasteiger partial charge in [0, 0.05) is 0 Å². The highest BCUT2D eigenvalue weighted by Crippen LogP contribution is 2.15. The minimum atomic E-state index is -1.21. The van der Waals surface area contributed by atoms with Crippen molar-refractivity contribution in [2.75, 3.05) is 19.5 Å². The standard InChI is InChI=1S/C3H7NO2P/c5-7-3-6-2-1-4-7/h1-3H2,(H,4,5)/q+1. The molecule has 1 rings (SSSR count). The highest BCUT2D eigenvalue weighted by Gasteiger charge is 2.18. The molecule has 1 aliphatic rings. The molecular weight excluding hydrogens is 113 g/mol. The molecule has 0 radical (unpaired) electrons. The molecule has 40 valence electrons. The molecule has 0 bridgehead atoms. The average molecular weight is 120 g/mol. The van der Waals surface area contributed by atoms with E-state index in [0.717, 1.165) is 6.54 Å². The third-order valence-corrected chi connectivity index (χ3v) is 1.74. The van der Waals surface area contributed by atoms with E-state index in [1.54, 1.807) is 0 Å². The van der Waals surface area contributed by atoms with Crippen LogP contribution in [0.25, 0.3) is 0 Å². The Hall–Kier alpha value is 0.0200. The lowest BCUT2D eigenvalue weighted by Crippen LogP contribution is -2.19. The van der Waals surface area contributed by atoms with Crippen LogP contribution in [0.2, 0.25) is 0 Å². The molecule has 1 atom stereocenters. The first kappa shape index (κ1) is 5.16. The summed E-state index contributed by atoms with van der Waals surface area (Å²) in [5.41, 5.74) is 0. The summed E-state index contributed by atoms with van der Waals surface area (Å²) in [6.07, 6.45) is 0.384. The molecule has 1 saturated heterocycles. The van der Waals surface area contributed by atoms with E-state index in [-0.39, 0.29) is 0 Å². The van der Waals surface area contributed by atoms with Crippen LogP contribution < -0.4 is 5.09 Å². The molecule has 7 heavy (non-hydrogen) atoms. The van der Waals surface area contributed by atoms with E-state index in [9.17, 15) is 4.57 Å². The van der Waals surface area contributed by atoms with Crippen LogP contribution in [0.5, 0.6) is 0 Å². The molecule has 1 unspecified atom stereocenters. The molecule has 0 aromatic carbocycles. The van der Waals surface area contributed by atoms with Crippen molar-refractivity contribution in [3.8, 4) is 0 Å². The van der Waals surface area contributed by atoms with E-state index in [2.05, 4.69) is 5.09 Å². The molecular formula is C3H7NO2P+. The van der Waals surface area contributed by atoms with Crippen LogP contribution in [0.1, 0.15) is 0 Å². The van der Waals surface area contributed by atoms with E-state index < -0.39 is 7.95 Å². The molecule has 1 heterocycles. The van der Waals surface area contributed by atoms with Crippen molar-refractivity contribution >= 4 is 7.95 Å². The van der Waals surface area contributed by atoms with Crippen molar-refractivity contribution in [3.05, 3.63) is 0 Å². The predicted molar refractivity (Wildman–Crippen MR) is 26.4 cm³/mol. The van der Waals surface area contributed by atoms with Gasteiger partial charge in [-0.1, -0.05) is 0 Å². The van der Waals surface area contributed by atoms with Crippen LogP contribution in [0.15, 0.2) is 0 Å². The Morgan fingerprint density at radius 1 is 1.71 bits per heavy atom. The van der Waals surface area contributed by atoms with Crippen molar-refractivity contribution in [2.24, 2.45) is 0 Å². The summed E-state index contributed by atoms with van der Waals surface area (Å²) < 4.78 is 15.2. The van der Waals surface area contributed by atoms with Gasteiger partial charge in [-0.3, -0.25) is 0 Å². The Labute approximate surface area is 42.9 Å². The average Bonchev–Trinajstić information content (AvgIpc) is 1.69. The lowest BCUT2D eigenvalue weighted by Gasteiger charge is -1.99. The fraction of sp³-hybridized carbons (Fsp3) is 1.00. The van der Waals surface area contributed by atoms with Crippen LogP contribution in [-0.2, 0) is 9.30 Å². The fourth-order valence-electron chi connectivity index (χ4n) is 0.436. The van der Waals surface area contributed by atoms with Gasteiger partial charge in [-0.2, -0.15) is 0 Å². The maximum absolute atomic E-state index is 10.4. The minimum absolute atomic E-state index is 0.384. The maximum Gasteiger partial charge on any atom is 0.460 e. The summed E-state index contributed by atoms with van der Waals surface area (Å²) in [5.74, 6) is 0. The zero-order chi connectivity index (χ0) is 5.11. The van der Waals surface area contributed by atoms with E-state index in [1.165, 1.54) is 0 Å². The molecule has 1 N–H and O–H groups in total. The summed E-state index contributed by atoms with van der Waals surface area (Å²) in [4.78, 5) is 0. The molecule has 0 aromatic heterocycles. The number of ether oxygens (including phenoxy) is 1. The first-order valence-electron chi connectivity index (χ1n) is 2.15. The first-order chi connectivity index (χ1) is 3.39. The van der Waals surface area contributed by atoms with Gasteiger partial charge in [0.2, 0.25) is 0 Å². The molecule has 0 saturated carbocycles. The molecule has 4 heteroatoms. The normalized spacial score (nSPS) is 27.7. The Morgan fingerprint density at radius 2 is 2.57 bits per heavy atom. The SMILES string of the molecule is O=[P+]1COCCN1. The molecule has 0 spiro atoms. The largest absolute Gasteiger partial charge is 0.460 e. The Morgan fingerprint density at radius 3 is 2.86 bits per heavy atom. The molecule has 0 amide bonds. The number of hydrogen-bond acceptors (Lipinski definition) is 2. The number of rotatable bonds is 0. The zero-order valence-corrected chi connectivity index (χ0v) is 4.78. The summed E-state index contributed by atoms with van der Waals surface area (Å²) in [7, 11) is -1.21. The van der Waals surface area contributed by atoms with E-state index >= 15 is 0 Å². The third kappa shape index (κ3) is 1.51. The lowest BCUT2D eigenvalue weighted by molar-refractivity contribution is 0.170. The summed E-state index contributed by atoms with van der Waals surface area (Å²) in [6.45, 7) is 1.43. The predicted octanol–water partition coefficient (Wildman–Crippen LogP) is 0.306. The van der Waals surface area contributed by atoms with E-state index in [4.69, 9.17) is 4.74 Å². The highest BCUT2D eigenvalue weighted by molar-refractivity contribution is 7.42. The van der Waals surface area contributed by atoms with Crippen LogP contribution in [0, 0.1) is 0 Å². The van der Waals surface area contributed by atoms with Crippen molar-refractivity contribution in [1.29, 1.82) is 0 Å². The van der Waals surface area contributed by atoms with Crippen LogP contribution >= 0.6 is 7.95 Å². The van der Waals surface area contributed by atoms with Crippen LogP contribution in [-0.4, -0.2) is 19.5 Å². The second kappa shape index (κ2) is 2.36. The van der Waals surface area contributed by atoms with E-state index in [1.807, 2.05) is 0 Å². The van der Waals surface area contributed by atoms with Crippen molar-refractivity contribution in [1.82, 2.24) is 5.09 Å². The molecule has 0 aliphatic carbocycles. The summed E-state index contributed by atoms with van der Waals surface area (Å²) in [5, 5.41) is 2.77. The Balaban J connectivity index is 2.25. The van der Waals surface area contributed by atoms with Crippen molar-refractivity contribution < 1.29 is 9.30 Å². The van der Waals surface area contributed by atoms with Crippen LogP contribution in [0.4, 0.5) is 0 Å². The van der Waals surface area contributed by atoms with Crippen molar-refractivity contribution in [3.63, 3.8) is 0 Å². The van der Waals surface area contributed by atoms with Crippen LogP contribution in [0.3, 0.4) is 0 Å². The second-order valence-electron chi connectivity index (χ2n) is 1.32. The lowest BCUT2D eigenvalue weighted by atomic mass is 10.7. The third-order valence-electron chi connectivity index (χ3n) is 0.743. The second-order valence-corrected chi connectivity index (χ2v) is 2.66. The van der Waals surface area contributed by atoms with Gasteiger partial charge in [0.25, 0.3) is 6.35 Å². The Bertz CT molecular complexity index is 77.0. The maximum atomic E-state index is 10.4. The monoisotopic (exact) mass is 120 g/mol. The van der Waals surface area contributed by atoms with Gasteiger partial charge >= 0.3 is 7.95 Å². The van der Waals surface area contributed by atoms with Gasteiger partial charge in [0.1, 0.15) is 0 Å². The minimum Gasteiger partial charge on any atom is -0.334 e. The smallest absolute Gasteiger partial charge is 0.334 e. The van der Waals surface area contributed by atoms with Crippen molar-refractivity contribution in [2.45, 2.75) is 0 Å². The highest BCUT2D eigenvalue weighted by atomic mass is 31.1. The van der Waals surface area contributed by atoms with Gasteiger partial charge in [0.05, 0.1) is 13.2 Å². The summed E-state index contributed by atoms with van der Waals surface area (Å²) in [6, 6.07) is 0. The summed E-state index contributed by atoms with van der Waals surface area (Å²) >= 11 is 0. The van der Waals surface area contributed by atoms with Gasteiger partial charge in [0.15, 0.2) is 0 Å². The van der Waals surface area contributed by atoms with Gasteiger partial charge < -0.3 is 4.74 Å².